The minimum atomic E-state index is -0.975. The van der Waals surface area contributed by atoms with Crippen molar-refractivity contribution in [2.24, 2.45) is 5.92 Å². The predicted octanol–water partition coefficient (Wildman–Crippen LogP) is 2.86. The minimum Gasteiger partial charge on any atom is -0.478 e. The van der Waals surface area contributed by atoms with Crippen LogP contribution < -0.4 is 4.74 Å². The fourth-order valence-electron chi connectivity index (χ4n) is 1.70. The Morgan fingerprint density at radius 1 is 1.47 bits per heavy atom. The molecule has 1 aliphatic rings. The summed E-state index contributed by atoms with van der Waals surface area (Å²) in [5.41, 5.74) is 1.80. The molecular formula is C15H18O4. The number of benzene rings is 1. The summed E-state index contributed by atoms with van der Waals surface area (Å²) in [7, 11) is 0. The Labute approximate surface area is 112 Å². The zero-order valence-electron chi connectivity index (χ0n) is 11.0. The topological polar surface area (TPSA) is 55.8 Å². The van der Waals surface area contributed by atoms with E-state index in [4.69, 9.17) is 14.6 Å². The first-order valence-corrected chi connectivity index (χ1v) is 6.37. The van der Waals surface area contributed by atoms with Gasteiger partial charge >= 0.3 is 5.97 Å². The Morgan fingerprint density at radius 3 is 2.95 bits per heavy atom. The van der Waals surface area contributed by atoms with Crippen LogP contribution in [0.25, 0.3) is 6.08 Å². The van der Waals surface area contributed by atoms with Gasteiger partial charge in [0.2, 0.25) is 0 Å². The SMILES string of the molecule is Cc1ccc(OCOCC2CC2)c(/C=C/C(=O)O)c1. The summed E-state index contributed by atoms with van der Waals surface area (Å²) in [5.74, 6) is 0.365. The second-order valence-electron chi connectivity index (χ2n) is 4.79. The second-order valence-corrected chi connectivity index (χ2v) is 4.79. The van der Waals surface area contributed by atoms with Gasteiger partial charge in [0.1, 0.15) is 5.75 Å². The van der Waals surface area contributed by atoms with Gasteiger partial charge in [-0.2, -0.15) is 0 Å². The number of rotatable bonds is 7. The van der Waals surface area contributed by atoms with E-state index in [0.717, 1.165) is 23.8 Å². The highest BCUT2D eigenvalue weighted by atomic mass is 16.7. The number of hydrogen-bond donors (Lipinski definition) is 1. The van der Waals surface area contributed by atoms with Crippen LogP contribution in [0.5, 0.6) is 5.75 Å². The molecule has 0 bridgehead atoms. The lowest BCUT2D eigenvalue weighted by molar-refractivity contribution is -0.131. The van der Waals surface area contributed by atoms with Gasteiger partial charge in [0.15, 0.2) is 6.79 Å². The van der Waals surface area contributed by atoms with E-state index in [9.17, 15) is 4.79 Å². The molecule has 4 heteroatoms. The molecule has 1 saturated carbocycles. The number of carboxylic acids is 1. The molecule has 0 radical (unpaired) electrons. The molecule has 4 nitrogen and oxygen atoms in total. The van der Waals surface area contributed by atoms with Crippen LogP contribution in [0.15, 0.2) is 24.3 Å². The zero-order chi connectivity index (χ0) is 13.7. The van der Waals surface area contributed by atoms with Crippen LogP contribution in [0.2, 0.25) is 0 Å². The van der Waals surface area contributed by atoms with Gasteiger partial charge in [0.05, 0.1) is 6.61 Å². The van der Waals surface area contributed by atoms with E-state index >= 15 is 0 Å². The summed E-state index contributed by atoms with van der Waals surface area (Å²) in [6.07, 6.45) is 5.13. The first-order chi connectivity index (χ1) is 9.15. The highest BCUT2D eigenvalue weighted by Gasteiger charge is 2.21. The van der Waals surface area contributed by atoms with E-state index < -0.39 is 5.97 Å². The van der Waals surface area contributed by atoms with Crippen LogP contribution in [0, 0.1) is 12.8 Å². The average Bonchev–Trinajstić information content (AvgIpc) is 3.18. The van der Waals surface area contributed by atoms with Crippen molar-refractivity contribution in [1.29, 1.82) is 0 Å². The standard InChI is InChI=1S/C15H18O4/c1-11-2-6-14(13(8-11)5-7-15(16)17)19-10-18-9-12-3-4-12/h2,5-8,12H,3-4,9-10H2,1H3,(H,16,17)/b7-5+. The highest BCUT2D eigenvalue weighted by molar-refractivity contribution is 5.85. The molecule has 0 aromatic heterocycles. The molecule has 1 fully saturated rings. The maximum atomic E-state index is 10.6. The molecule has 0 amide bonds. The lowest BCUT2D eigenvalue weighted by Gasteiger charge is -2.10. The summed E-state index contributed by atoms with van der Waals surface area (Å²) >= 11 is 0. The molecule has 2 rings (SSSR count). The van der Waals surface area contributed by atoms with Crippen molar-refractivity contribution in [2.75, 3.05) is 13.4 Å². The minimum absolute atomic E-state index is 0.202. The molecule has 0 aliphatic heterocycles. The van der Waals surface area contributed by atoms with Gasteiger partial charge in [0.25, 0.3) is 0 Å². The van der Waals surface area contributed by atoms with Crippen molar-refractivity contribution in [2.45, 2.75) is 19.8 Å². The predicted molar refractivity (Wildman–Crippen MR) is 72.0 cm³/mol. The van der Waals surface area contributed by atoms with Crippen molar-refractivity contribution in [3.63, 3.8) is 0 Å². The molecule has 0 unspecified atom stereocenters. The van der Waals surface area contributed by atoms with E-state index in [1.54, 1.807) is 0 Å². The molecular weight excluding hydrogens is 244 g/mol. The molecule has 102 valence electrons. The van der Waals surface area contributed by atoms with Crippen molar-refractivity contribution >= 4 is 12.0 Å². The smallest absolute Gasteiger partial charge is 0.328 e. The summed E-state index contributed by atoms with van der Waals surface area (Å²) < 4.78 is 10.9. The van der Waals surface area contributed by atoms with Crippen molar-refractivity contribution in [3.8, 4) is 5.75 Å². The van der Waals surface area contributed by atoms with Gasteiger partial charge in [-0.1, -0.05) is 11.6 Å². The van der Waals surface area contributed by atoms with Gasteiger partial charge in [0, 0.05) is 11.6 Å². The maximum absolute atomic E-state index is 10.6. The average molecular weight is 262 g/mol. The van der Waals surface area contributed by atoms with Crippen LogP contribution in [0.1, 0.15) is 24.0 Å². The Kier molecular flexibility index (Phi) is 4.58. The van der Waals surface area contributed by atoms with Crippen LogP contribution in [0.3, 0.4) is 0 Å². The van der Waals surface area contributed by atoms with E-state index in [-0.39, 0.29) is 6.79 Å². The summed E-state index contributed by atoms with van der Waals surface area (Å²) in [4.78, 5) is 10.6. The Morgan fingerprint density at radius 2 is 2.26 bits per heavy atom. The van der Waals surface area contributed by atoms with Gasteiger partial charge in [-0.3, -0.25) is 0 Å². The maximum Gasteiger partial charge on any atom is 0.328 e. The van der Waals surface area contributed by atoms with Crippen molar-refractivity contribution in [3.05, 3.63) is 35.4 Å². The molecule has 0 spiro atoms. The van der Waals surface area contributed by atoms with Gasteiger partial charge < -0.3 is 14.6 Å². The lowest BCUT2D eigenvalue weighted by Crippen LogP contribution is -2.06. The third-order valence-corrected chi connectivity index (χ3v) is 2.92. The fraction of sp³-hybridized carbons (Fsp3) is 0.400. The van der Waals surface area contributed by atoms with E-state index in [1.165, 1.54) is 18.9 Å². The number of carbonyl (C=O) groups is 1. The van der Waals surface area contributed by atoms with Gasteiger partial charge in [-0.25, -0.2) is 4.79 Å². The van der Waals surface area contributed by atoms with Crippen LogP contribution in [0.4, 0.5) is 0 Å². The zero-order valence-corrected chi connectivity index (χ0v) is 11.0. The van der Waals surface area contributed by atoms with Gasteiger partial charge in [-0.05, 0) is 43.9 Å². The van der Waals surface area contributed by atoms with Crippen LogP contribution in [-0.4, -0.2) is 24.5 Å². The summed E-state index contributed by atoms with van der Waals surface area (Å²) in [6.45, 7) is 2.89. The quantitative estimate of drug-likeness (QED) is 0.466. The number of hydrogen-bond acceptors (Lipinski definition) is 3. The largest absolute Gasteiger partial charge is 0.478 e. The molecule has 0 heterocycles. The second kappa shape index (κ2) is 6.38. The summed E-state index contributed by atoms with van der Waals surface area (Å²) in [5, 5.41) is 8.66. The van der Waals surface area contributed by atoms with Crippen molar-refractivity contribution < 1.29 is 19.4 Å². The highest BCUT2D eigenvalue weighted by Crippen LogP contribution is 2.29. The van der Waals surface area contributed by atoms with Gasteiger partial charge in [-0.15, -0.1) is 0 Å². The first-order valence-electron chi connectivity index (χ1n) is 6.37. The number of ether oxygens (including phenoxy) is 2. The van der Waals surface area contributed by atoms with Crippen molar-refractivity contribution in [1.82, 2.24) is 0 Å². The third-order valence-electron chi connectivity index (χ3n) is 2.92. The first kappa shape index (κ1) is 13.6. The molecule has 1 N–H and O–H groups in total. The normalized spacial score (nSPS) is 14.8. The summed E-state index contributed by atoms with van der Waals surface area (Å²) in [6, 6.07) is 5.64. The Balaban J connectivity index is 1.94. The Hall–Kier alpha value is -1.81. The number of aliphatic carboxylic acids is 1. The molecule has 1 aromatic rings. The lowest BCUT2D eigenvalue weighted by atomic mass is 10.1. The third kappa shape index (κ3) is 4.75. The van der Waals surface area contributed by atoms with E-state index in [0.29, 0.717) is 11.7 Å². The monoisotopic (exact) mass is 262 g/mol. The number of carboxylic acid groups (broad SMARTS) is 1. The van der Waals surface area contributed by atoms with Crippen LogP contribution >= 0.6 is 0 Å². The Bertz CT molecular complexity index is 475. The number of aryl methyl sites for hydroxylation is 1. The van der Waals surface area contributed by atoms with E-state index in [1.807, 2.05) is 25.1 Å². The molecule has 0 atom stereocenters. The molecule has 1 aliphatic carbocycles. The van der Waals surface area contributed by atoms with Crippen LogP contribution in [-0.2, 0) is 9.53 Å². The van der Waals surface area contributed by atoms with E-state index in [2.05, 4.69) is 0 Å². The molecule has 1 aromatic carbocycles. The molecule has 19 heavy (non-hydrogen) atoms. The molecule has 0 saturated heterocycles. The fourth-order valence-corrected chi connectivity index (χ4v) is 1.70.